The molecule has 1 atom stereocenters. The van der Waals surface area contributed by atoms with Crippen LogP contribution in [0.4, 0.5) is 10.1 Å². The SMILES string of the molecule is O=C1N=C(c2ccco2)C=CC1C(=O)N1CCc2ccc(F)cc21. The molecular weight excluding hydrogens is 311 g/mol. The minimum absolute atomic E-state index is 0.386. The molecule has 1 aromatic heterocycles. The fourth-order valence-corrected chi connectivity index (χ4v) is 2.99. The van der Waals surface area contributed by atoms with Crippen LogP contribution < -0.4 is 4.90 Å². The highest BCUT2D eigenvalue weighted by molar-refractivity contribution is 6.20. The van der Waals surface area contributed by atoms with E-state index >= 15 is 0 Å². The van der Waals surface area contributed by atoms with E-state index in [9.17, 15) is 14.0 Å². The molecule has 1 aromatic carbocycles. The van der Waals surface area contributed by atoms with Crippen molar-refractivity contribution in [1.82, 2.24) is 0 Å². The van der Waals surface area contributed by atoms with Crippen molar-refractivity contribution in [1.29, 1.82) is 0 Å². The van der Waals surface area contributed by atoms with Crippen molar-refractivity contribution in [2.75, 3.05) is 11.4 Å². The van der Waals surface area contributed by atoms with Gasteiger partial charge in [0.25, 0.3) is 5.91 Å². The number of amides is 2. The number of carbonyl (C=O) groups is 2. The second kappa shape index (κ2) is 5.56. The van der Waals surface area contributed by atoms with Crippen LogP contribution >= 0.6 is 0 Å². The quantitative estimate of drug-likeness (QED) is 0.798. The molecule has 0 aliphatic carbocycles. The van der Waals surface area contributed by atoms with E-state index in [2.05, 4.69) is 4.99 Å². The first-order valence-corrected chi connectivity index (χ1v) is 7.58. The molecule has 2 aliphatic rings. The molecule has 24 heavy (non-hydrogen) atoms. The molecule has 0 bridgehead atoms. The molecule has 3 heterocycles. The Morgan fingerprint density at radius 1 is 1.33 bits per heavy atom. The third-order valence-electron chi connectivity index (χ3n) is 4.19. The number of rotatable bonds is 2. The zero-order valence-electron chi connectivity index (χ0n) is 12.6. The maximum Gasteiger partial charge on any atom is 0.262 e. The fraction of sp³-hybridized carbons (Fsp3) is 0.167. The van der Waals surface area contributed by atoms with Crippen LogP contribution in [0.3, 0.4) is 0 Å². The molecule has 2 amide bonds. The number of allylic oxidation sites excluding steroid dienone is 1. The molecule has 5 nitrogen and oxygen atoms in total. The maximum absolute atomic E-state index is 13.5. The molecule has 1 unspecified atom stereocenters. The highest BCUT2D eigenvalue weighted by atomic mass is 19.1. The number of dihydropyridines is 1. The lowest BCUT2D eigenvalue weighted by Crippen LogP contribution is -2.38. The Morgan fingerprint density at radius 3 is 2.96 bits per heavy atom. The lowest BCUT2D eigenvalue weighted by molar-refractivity contribution is -0.129. The molecule has 2 aromatic rings. The second-order valence-electron chi connectivity index (χ2n) is 5.66. The summed E-state index contributed by atoms with van der Waals surface area (Å²) in [4.78, 5) is 30.4. The summed E-state index contributed by atoms with van der Waals surface area (Å²) >= 11 is 0. The van der Waals surface area contributed by atoms with Gasteiger partial charge in [-0.15, -0.1) is 0 Å². The molecule has 6 heteroatoms. The van der Waals surface area contributed by atoms with Gasteiger partial charge in [0.1, 0.15) is 17.4 Å². The number of aliphatic imine (C=N–C) groups is 1. The van der Waals surface area contributed by atoms with E-state index in [1.54, 1.807) is 24.3 Å². The number of anilines is 1. The average Bonchev–Trinajstić information content (AvgIpc) is 3.23. The van der Waals surface area contributed by atoms with Crippen LogP contribution in [0.15, 0.2) is 58.2 Å². The molecule has 0 saturated heterocycles. The van der Waals surface area contributed by atoms with E-state index in [1.165, 1.54) is 29.4 Å². The topological polar surface area (TPSA) is 62.9 Å². The summed E-state index contributed by atoms with van der Waals surface area (Å²) < 4.78 is 18.7. The Morgan fingerprint density at radius 2 is 2.21 bits per heavy atom. The summed E-state index contributed by atoms with van der Waals surface area (Å²) in [5.74, 6) is -1.85. The summed E-state index contributed by atoms with van der Waals surface area (Å²) in [6.07, 6.45) is 5.26. The number of hydrogen-bond acceptors (Lipinski definition) is 3. The van der Waals surface area contributed by atoms with Gasteiger partial charge in [-0.3, -0.25) is 9.59 Å². The Bertz CT molecular complexity index is 884. The Balaban J connectivity index is 1.59. The van der Waals surface area contributed by atoms with E-state index in [0.717, 1.165) is 5.56 Å². The van der Waals surface area contributed by atoms with E-state index in [4.69, 9.17) is 4.42 Å². The van der Waals surface area contributed by atoms with Crippen LogP contribution in [0.5, 0.6) is 0 Å². The smallest absolute Gasteiger partial charge is 0.262 e. The number of nitrogens with zero attached hydrogens (tertiary/aromatic N) is 2. The van der Waals surface area contributed by atoms with Crippen molar-refractivity contribution < 1.29 is 18.4 Å². The Hall–Kier alpha value is -3.02. The van der Waals surface area contributed by atoms with Gasteiger partial charge >= 0.3 is 0 Å². The molecule has 0 saturated carbocycles. The molecule has 2 aliphatic heterocycles. The lowest BCUT2D eigenvalue weighted by Gasteiger charge is -2.22. The normalized spacial score (nSPS) is 19.4. The molecule has 120 valence electrons. The largest absolute Gasteiger partial charge is 0.463 e. The number of furan rings is 1. The van der Waals surface area contributed by atoms with Gasteiger partial charge in [-0.2, -0.15) is 0 Å². The first kappa shape index (κ1) is 14.6. The van der Waals surface area contributed by atoms with Gasteiger partial charge in [0.15, 0.2) is 5.76 Å². The van der Waals surface area contributed by atoms with Gasteiger partial charge in [-0.25, -0.2) is 9.38 Å². The first-order valence-electron chi connectivity index (χ1n) is 7.58. The van der Waals surface area contributed by atoms with Crippen LogP contribution in [0.25, 0.3) is 0 Å². The second-order valence-corrected chi connectivity index (χ2v) is 5.66. The Labute approximate surface area is 137 Å². The number of halogens is 1. The van der Waals surface area contributed by atoms with Crippen LogP contribution in [0, 0.1) is 11.7 Å². The average molecular weight is 324 g/mol. The van der Waals surface area contributed by atoms with Gasteiger partial charge in [0, 0.05) is 12.2 Å². The molecule has 0 spiro atoms. The van der Waals surface area contributed by atoms with Crippen molar-refractivity contribution in [2.45, 2.75) is 6.42 Å². The van der Waals surface area contributed by atoms with Crippen molar-refractivity contribution in [3.63, 3.8) is 0 Å². The molecule has 0 fully saturated rings. The van der Waals surface area contributed by atoms with Crippen molar-refractivity contribution in [2.24, 2.45) is 10.9 Å². The zero-order valence-corrected chi connectivity index (χ0v) is 12.6. The molecule has 4 rings (SSSR count). The van der Waals surface area contributed by atoms with Gasteiger partial charge in [-0.1, -0.05) is 12.1 Å². The van der Waals surface area contributed by atoms with Crippen LogP contribution in [0.2, 0.25) is 0 Å². The Kier molecular flexibility index (Phi) is 3.37. The monoisotopic (exact) mass is 324 g/mol. The first-order chi connectivity index (χ1) is 11.6. The van der Waals surface area contributed by atoms with Crippen molar-refractivity contribution >= 4 is 23.2 Å². The van der Waals surface area contributed by atoms with Crippen LogP contribution in [-0.4, -0.2) is 24.1 Å². The highest BCUT2D eigenvalue weighted by Crippen LogP contribution is 2.30. The van der Waals surface area contributed by atoms with Gasteiger partial charge in [0.2, 0.25) is 5.91 Å². The van der Waals surface area contributed by atoms with Crippen LogP contribution in [-0.2, 0) is 16.0 Å². The summed E-state index contributed by atoms with van der Waals surface area (Å²) in [6.45, 7) is 0.435. The van der Waals surface area contributed by atoms with Crippen molar-refractivity contribution in [3.05, 3.63) is 65.9 Å². The molecule has 0 radical (unpaired) electrons. The third kappa shape index (κ3) is 2.36. The predicted molar refractivity (Wildman–Crippen MR) is 85.3 cm³/mol. The number of fused-ring (bicyclic) bond motifs is 1. The van der Waals surface area contributed by atoms with E-state index in [1.807, 2.05) is 0 Å². The number of benzene rings is 1. The number of hydrogen-bond donors (Lipinski definition) is 0. The summed E-state index contributed by atoms with van der Waals surface area (Å²) in [5, 5.41) is 0. The predicted octanol–water partition coefficient (Wildman–Crippen LogP) is 2.51. The zero-order chi connectivity index (χ0) is 16.7. The third-order valence-corrected chi connectivity index (χ3v) is 4.19. The molecule has 0 N–H and O–H groups in total. The maximum atomic E-state index is 13.5. The van der Waals surface area contributed by atoms with E-state index < -0.39 is 17.6 Å². The standard InChI is InChI=1S/C18H13FN2O3/c19-12-4-3-11-7-8-21(15(11)10-12)18(23)13-5-6-14(20-17(13)22)16-2-1-9-24-16/h1-6,9-10,13H,7-8H2. The van der Waals surface area contributed by atoms with Crippen molar-refractivity contribution in [3.8, 4) is 0 Å². The summed E-state index contributed by atoms with van der Waals surface area (Å²) in [6, 6.07) is 7.76. The van der Waals surface area contributed by atoms with Gasteiger partial charge in [-0.05, 0) is 42.3 Å². The minimum atomic E-state index is -0.988. The van der Waals surface area contributed by atoms with Gasteiger partial charge in [0.05, 0.1) is 6.26 Å². The molecular formula is C18H13FN2O3. The fourth-order valence-electron chi connectivity index (χ4n) is 2.99. The minimum Gasteiger partial charge on any atom is -0.463 e. The summed E-state index contributed by atoms with van der Waals surface area (Å²) in [5.41, 5.74) is 1.82. The van der Waals surface area contributed by atoms with Gasteiger partial charge < -0.3 is 9.32 Å². The van der Waals surface area contributed by atoms with E-state index in [-0.39, 0.29) is 5.91 Å². The summed E-state index contributed by atoms with van der Waals surface area (Å²) in [7, 11) is 0. The number of carbonyl (C=O) groups excluding carboxylic acids is 2. The van der Waals surface area contributed by atoms with Crippen LogP contribution in [0.1, 0.15) is 11.3 Å². The highest BCUT2D eigenvalue weighted by Gasteiger charge is 2.34. The van der Waals surface area contributed by atoms with E-state index in [0.29, 0.717) is 30.1 Å². The lowest BCUT2D eigenvalue weighted by atomic mass is 10.0.